The number of para-hydroxylation sites is 1. The van der Waals surface area contributed by atoms with Crippen molar-refractivity contribution in [2.75, 3.05) is 19.5 Å². The Balaban J connectivity index is 1.10. The summed E-state index contributed by atoms with van der Waals surface area (Å²) >= 11 is 0. The lowest BCUT2D eigenvalue weighted by Gasteiger charge is -2.29. The van der Waals surface area contributed by atoms with Gasteiger partial charge in [-0.05, 0) is 80.3 Å². The summed E-state index contributed by atoms with van der Waals surface area (Å²) in [5, 5.41) is 11.9. The Morgan fingerprint density at radius 2 is 1.54 bits per heavy atom. The van der Waals surface area contributed by atoms with E-state index in [0.29, 0.717) is 42.9 Å². The molecule has 46 heavy (non-hydrogen) atoms. The number of ether oxygens (including phenoxy) is 4. The van der Waals surface area contributed by atoms with Gasteiger partial charge < -0.3 is 29.4 Å². The molecule has 1 aliphatic carbocycles. The molecule has 12 nitrogen and oxygen atoms in total. The van der Waals surface area contributed by atoms with Crippen molar-refractivity contribution < 1.29 is 42.1 Å². The summed E-state index contributed by atoms with van der Waals surface area (Å²) in [6.07, 6.45) is 3.85. The van der Waals surface area contributed by atoms with Crippen LogP contribution >= 0.6 is 0 Å². The van der Waals surface area contributed by atoms with Gasteiger partial charge in [0.05, 0.1) is 37.1 Å². The van der Waals surface area contributed by atoms with Crippen LogP contribution in [0.1, 0.15) is 46.4 Å². The maximum Gasteiger partial charge on any atom is 0.337 e. The molecule has 13 heteroatoms. The number of aromatic nitrogens is 1. The van der Waals surface area contributed by atoms with E-state index in [2.05, 4.69) is 15.0 Å². The summed E-state index contributed by atoms with van der Waals surface area (Å²) in [6, 6.07) is 20.7. The highest BCUT2D eigenvalue weighted by Gasteiger charge is 2.29. The highest BCUT2D eigenvalue weighted by molar-refractivity contribution is 7.89. The van der Waals surface area contributed by atoms with E-state index in [1.165, 1.54) is 44.7 Å². The second-order valence-electron chi connectivity index (χ2n) is 10.5. The molecular weight excluding hydrogens is 614 g/mol. The van der Waals surface area contributed by atoms with Crippen molar-refractivity contribution in [3.05, 3.63) is 96.2 Å². The molecule has 0 bridgehead atoms. The fourth-order valence-corrected chi connectivity index (χ4v) is 6.51. The third-order valence-electron chi connectivity index (χ3n) is 7.41. The number of sulfonamides is 1. The molecule has 0 aliphatic heterocycles. The SMILES string of the molecule is COc1ccc(OC)c(S(=O)(=O)NC2CCC(Oc3ccc(Oc4ccc(C(=O)Nc5ccccc5C(=O)O)cn4)cc3)CC2)c1. The molecule has 0 radical (unpaired) electrons. The first-order valence-electron chi connectivity index (χ1n) is 14.4. The monoisotopic (exact) mass is 647 g/mol. The van der Waals surface area contributed by atoms with Gasteiger partial charge in [0.25, 0.3) is 5.91 Å². The van der Waals surface area contributed by atoms with Gasteiger partial charge >= 0.3 is 5.97 Å². The number of anilines is 1. The molecule has 0 unspecified atom stereocenters. The summed E-state index contributed by atoms with van der Waals surface area (Å²) in [5.41, 5.74) is 0.405. The molecule has 1 amide bonds. The molecule has 3 N–H and O–H groups in total. The minimum Gasteiger partial charge on any atom is -0.497 e. The number of benzene rings is 3. The van der Waals surface area contributed by atoms with Crippen LogP contribution in [0, 0.1) is 0 Å². The van der Waals surface area contributed by atoms with Crippen molar-refractivity contribution in [1.29, 1.82) is 0 Å². The number of carboxylic acids is 1. The van der Waals surface area contributed by atoms with Crippen molar-refractivity contribution in [2.24, 2.45) is 0 Å². The standard InChI is InChI=1S/C33H33N3O9S/c1-42-26-16-17-29(43-2)30(19-26)46(40,41)36-22-8-10-23(11-9-22)44-24-12-14-25(15-13-24)45-31-18-7-21(20-34-31)32(37)35-28-6-4-3-5-27(28)33(38)39/h3-7,12-20,22-23,36H,8-11H2,1-2H3,(H,35,37)(H,38,39). The number of nitrogens with zero attached hydrogens (tertiary/aromatic N) is 1. The van der Waals surface area contributed by atoms with Crippen molar-refractivity contribution in [3.8, 4) is 28.9 Å². The number of pyridine rings is 1. The van der Waals surface area contributed by atoms with Crippen LogP contribution < -0.4 is 29.0 Å². The lowest BCUT2D eigenvalue weighted by Crippen LogP contribution is -2.39. The molecule has 1 saturated carbocycles. The maximum absolute atomic E-state index is 13.1. The minimum absolute atomic E-state index is 0.0155. The van der Waals surface area contributed by atoms with Gasteiger partial charge in [0.1, 0.15) is 27.9 Å². The summed E-state index contributed by atoms with van der Waals surface area (Å²) in [6.45, 7) is 0. The van der Waals surface area contributed by atoms with E-state index >= 15 is 0 Å². The van der Waals surface area contributed by atoms with Crippen LogP contribution in [0.25, 0.3) is 0 Å². The first-order valence-corrected chi connectivity index (χ1v) is 15.9. The molecule has 1 aromatic heterocycles. The molecule has 5 rings (SSSR count). The Kier molecular flexibility index (Phi) is 10.0. The van der Waals surface area contributed by atoms with E-state index in [0.717, 1.165) is 0 Å². The average Bonchev–Trinajstić information content (AvgIpc) is 3.06. The Labute approximate surface area is 266 Å². The van der Waals surface area contributed by atoms with Gasteiger partial charge in [0.15, 0.2) is 0 Å². The number of amides is 1. The third kappa shape index (κ3) is 7.92. The molecule has 0 spiro atoms. The second-order valence-corrected chi connectivity index (χ2v) is 12.2. The van der Waals surface area contributed by atoms with Gasteiger partial charge in [-0.15, -0.1) is 0 Å². The smallest absolute Gasteiger partial charge is 0.337 e. The van der Waals surface area contributed by atoms with Gasteiger partial charge in [0, 0.05) is 24.4 Å². The molecule has 0 atom stereocenters. The van der Waals surface area contributed by atoms with Crippen LogP contribution in [0.2, 0.25) is 0 Å². The summed E-state index contributed by atoms with van der Waals surface area (Å²) in [5.74, 6) is 0.453. The molecule has 240 valence electrons. The Morgan fingerprint density at radius 3 is 2.20 bits per heavy atom. The van der Waals surface area contributed by atoms with E-state index in [-0.39, 0.29) is 45.5 Å². The van der Waals surface area contributed by atoms with E-state index < -0.39 is 21.9 Å². The normalized spacial score (nSPS) is 16.2. The van der Waals surface area contributed by atoms with E-state index in [1.807, 2.05) is 0 Å². The predicted molar refractivity (Wildman–Crippen MR) is 169 cm³/mol. The van der Waals surface area contributed by atoms with Crippen molar-refractivity contribution in [1.82, 2.24) is 9.71 Å². The van der Waals surface area contributed by atoms with Crippen LogP contribution in [-0.4, -0.2) is 56.8 Å². The zero-order valence-corrected chi connectivity index (χ0v) is 26.0. The van der Waals surface area contributed by atoms with Gasteiger partial charge in [-0.1, -0.05) is 12.1 Å². The molecule has 4 aromatic rings. The summed E-state index contributed by atoms with van der Waals surface area (Å²) in [4.78, 5) is 28.2. The number of carboxylic acid groups (broad SMARTS) is 1. The predicted octanol–water partition coefficient (Wildman–Crippen LogP) is 5.51. The highest BCUT2D eigenvalue weighted by atomic mass is 32.2. The number of methoxy groups -OCH3 is 2. The maximum atomic E-state index is 13.1. The van der Waals surface area contributed by atoms with E-state index in [9.17, 15) is 23.1 Å². The van der Waals surface area contributed by atoms with Gasteiger partial charge in [0.2, 0.25) is 15.9 Å². The van der Waals surface area contributed by atoms with Gasteiger partial charge in [-0.2, -0.15) is 0 Å². The van der Waals surface area contributed by atoms with Crippen LogP contribution in [0.15, 0.2) is 90.0 Å². The lowest BCUT2D eigenvalue weighted by atomic mass is 9.94. The molecule has 1 heterocycles. The Morgan fingerprint density at radius 1 is 0.848 bits per heavy atom. The number of rotatable bonds is 12. The van der Waals surface area contributed by atoms with E-state index in [1.54, 1.807) is 54.6 Å². The van der Waals surface area contributed by atoms with Crippen molar-refractivity contribution in [2.45, 2.75) is 42.7 Å². The largest absolute Gasteiger partial charge is 0.497 e. The van der Waals surface area contributed by atoms with Crippen LogP contribution in [-0.2, 0) is 10.0 Å². The Hall–Kier alpha value is -5.14. The number of hydrogen-bond acceptors (Lipinski definition) is 9. The third-order valence-corrected chi connectivity index (χ3v) is 8.95. The number of aromatic carboxylic acids is 1. The summed E-state index contributed by atoms with van der Waals surface area (Å²) in [7, 11) is -0.923. The van der Waals surface area contributed by atoms with Gasteiger partial charge in [-0.25, -0.2) is 22.9 Å². The van der Waals surface area contributed by atoms with E-state index in [4.69, 9.17) is 18.9 Å². The molecule has 1 fully saturated rings. The number of hydrogen-bond donors (Lipinski definition) is 3. The quantitative estimate of drug-likeness (QED) is 0.179. The zero-order chi connectivity index (χ0) is 32.7. The van der Waals surface area contributed by atoms with Gasteiger partial charge in [-0.3, -0.25) is 4.79 Å². The van der Waals surface area contributed by atoms with Crippen LogP contribution in [0.5, 0.6) is 28.9 Å². The summed E-state index contributed by atoms with van der Waals surface area (Å²) < 4.78 is 51.4. The van der Waals surface area contributed by atoms with Crippen molar-refractivity contribution >= 4 is 27.6 Å². The minimum atomic E-state index is -3.82. The molecule has 0 saturated heterocycles. The van der Waals surface area contributed by atoms with Crippen LogP contribution in [0.3, 0.4) is 0 Å². The fourth-order valence-electron chi connectivity index (χ4n) is 5.02. The van der Waals surface area contributed by atoms with Crippen LogP contribution in [0.4, 0.5) is 5.69 Å². The Bertz CT molecular complexity index is 1790. The average molecular weight is 648 g/mol. The van der Waals surface area contributed by atoms with Crippen molar-refractivity contribution in [3.63, 3.8) is 0 Å². The lowest BCUT2D eigenvalue weighted by molar-refractivity contribution is 0.0698. The number of carbonyl (C=O) groups is 2. The number of nitrogens with one attached hydrogen (secondary N) is 2. The molecule has 1 aliphatic rings. The molecular formula is C33H33N3O9S. The fraction of sp³-hybridized carbons (Fsp3) is 0.242. The first kappa shape index (κ1) is 32.3. The number of carbonyl (C=O) groups excluding carboxylic acids is 1. The second kappa shape index (κ2) is 14.3. The first-order chi connectivity index (χ1) is 22.1. The topological polar surface area (TPSA) is 162 Å². The zero-order valence-electron chi connectivity index (χ0n) is 25.1. The highest BCUT2D eigenvalue weighted by Crippen LogP contribution is 2.31. The molecule has 3 aromatic carbocycles.